The molecule has 0 saturated carbocycles. The predicted molar refractivity (Wildman–Crippen MR) is 70.4 cm³/mol. The normalized spacial score (nSPS) is 10.6. The molecule has 0 atom stereocenters. The third kappa shape index (κ3) is 14.0. The predicted octanol–water partition coefficient (Wildman–Crippen LogP) is 3.84. The molecule has 0 aromatic rings. The zero-order valence-corrected chi connectivity index (χ0v) is 10.9. The van der Waals surface area contributed by atoms with E-state index in [9.17, 15) is 0 Å². The van der Waals surface area contributed by atoms with Crippen molar-refractivity contribution in [3.05, 3.63) is 0 Å². The maximum absolute atomic E-state index is 8.28. The largest absolute Gasteiger partial charge is 0.485 e. The van der Waals surface area contributed by atoms with Crippen LogP contribution in [0.25, 0.3) is 0 Å². The Morgan fingerprint density at radius 2 is 1.19 bits per heavy atom. The fourth-order valence-electron chi connectivity index (χ4n) is 1.90. The van der Waals surface area contributed by atoms with Gasteiger partial charge in [-0.25, -0.2) is 0 Å². The molecule has 2 nitrogen and oxygen atoms in total. The molecule has 1 radical (unpaired) electrons. The Morgan fingerprint density at radius 3 is 1.62 bits per heavy atom. The van der Waals surface area contributed by atoms with Crippen molar-refractivity contribution < 1.29 is 9.68 Å². The van der Waals surface area contributed by atoms with Crippen molar-refractivity contribution in [2.45, 2.75) is 77.6 Å². The summed E-state index contributed by atoms with van der Waals surface area (Å²) >= 11 is 0. The van der Waals surface area contributed by atoms with Gasteiger partial charge in [-0.1, -0.05) is 71.1 Å². The monoisotopic (exact) mass is 227 g/mol. The van der Waals surface area contributed by atoms with Gasteiger partial charge in [0.05, 0.1) is 0 Å². The van der Waals surface area contributed by atoms with Gasteiger partial charge in [0.15, 0.2) is 0 Å². The molecule has 0 aliphatic carbocycles. The summed E-state index contributed by atoms with van der Waals surface area (Å²) in [6.07, 6.45) is 14.8. The van der Waals surface area contributed by atoms with E-state index >= 15 is 0 Å². The Bertz CT molecular complexity index is 107. The molecule has 0 rings (SSSR count). The summed E-state index contributed by atoms with van der Waals surface area (Å²) in [6.45, 7) is 2.92. The first kappa shape index (κ1) is 16.0. The standard InChI is InChI=1S/C13H28BO2/c1-2-3-4-5-6-7-8-9-10-11-12-13-16-14-15/h15H,2-13H2,1H3. The van der Waals surface area contributed by atoms with Crippen LogP contribution in [0.1, 0.15) is 77.6 Å². The molecule has 0 aliphatic rings. The molecule has 0 aromatic carbocycles. The summed E-state index contributed by atoms with van der Waals surface area (Å²) in [5.41, 5.74) is 0. The molecule has 3 heteroatoms. The van der Waals surface area contributed by atoms with Crippen molar-refractivity contribution in [2.24, 2.45) is 0 Å². The summed E-state index contributed by atoms with van der Waals surface area (Å²) < 4.78 is 4.75. The van der Waals surface area contributed by atoms with E-state index in [4.69, 9.17) is 9.68 Å². The van der Waals surface area contributed by atoms with Gasteiger partial charge in [-0.15, -0.1) is 0 Å². The Hall–Kier alpha value is -0.0151. The van der Waals surface area contributed by atoms with E-state index < -0.39 is 0 Å². The van der Waals surface area contributed by atoms with Crippen molar-refractivity contribution in [3.8, 4) is 0 Å². The van der Waals surface area contributed by atoms with Gasteiger partial charge in [0, 0.05) is 6.61 Å². The lowest BCUT2D eigenvalue weighted by molar-refractivity contribution is 0.274. The topological polar surface area (TPSA) is 29.5 Å². The third-order valence-corrected chi connectivity index (χ3v) is 2.94. The lowest BCUT2D eigenvalue weighted by Gasteiger charge is -2.02. The van der Waals surface area contributed by atoms with Gasteiger partial charge in [0.25, 0.3) is 0 Å². The Morgan fingerprint density at radius 1 is 0.750 bits per heavy atom. The molecule has 0 spiro atoms. The highest BCUT2D eigenvalue weighted by Gasteiger charge is 1.93. The van der Waals surface area contributed by atoms with Crippen molar-refractivity contribution in [2.75, 3.05) is 6.61 Å². The quantitative estimate of drug-likeness (QED) is 0.382. The van der Waals surface area contributed by atoms with E-state index in [0.29, 0.717) is 6.61 Å². The average Bonchev–Trinajstić information content (AvgIpc) is 2.31. The van der Waals surface area contributed by atoms with Gasteiger partial charge in [-0.05, 0) is 6.42 Å². The second-order valence-electron chi connectivity index (χ2n) is 4.51. The molecule has 0 heterocycles. The van der Waals surface area contributed by atoms with E-state index in [2.05, 4.69) is 6.92 Å². The molecule has 0 amide bonds. The molecule has 16 heavy (non-hydrogen) atoms. The van der Waals surface area contributed by atoms with Gasteiger partial charge in [0.1, 0.15) is 0 Å². The fraction of sp³-hybridized carbons (Fsp3) is 1.00. The van der Waals surface area contributed by atoms with E-state index in [1.807, 2.05) is 0 Å². The number of hydrogen-bond donors (Lipinski definition) is 1. The van der Waals surface area contributed by atoms with Crippen LogP contribution in [0.2, 0.25) is 0 Å². The first-order valence-corrected chi connectivity index (χ1v) is 6.99. The summed E-state index contributed by atoms with van der Waals surface area (Å²) in [5, 5.41) is 8.28. The highest BCUT2D eigenvalue weighted by Crippen LogP contribution is 2.11. The van der Waals surface area contributed by atoms with E-state index in [1.54, 1.807) is 0 Å². The van der Waals surface area contributed by atoms with E-state index in [1.165, 1.54) is 64.2 Å². The van der Waals surface area contributed by atoms with Crippen LogP contribution in [0, 0.1) is 0 Å². The minimum absolute atomic E-state index is 0.660. The Kier molecular flexibility index (Phi) is 15.0. The van der Waals surface area contributed by atoms with E-state index in [0.717, 1.165) is 14.1 Å². The van der Waals surface area contributed by atoms with Gasteiger partial charge in [-0.2, -0.15) is 0 Å². The first-order valence-electron chi connectivity index (χ1n) is 6.99. The second-order valence-corrected chi connectivity index (χ2v) is 4.51. The minimum Gasteiger partial charge on any atom is -0.429 e. The van der Waals surface area contributed by atoms with Crippen molar-refractivity contribution in [3.63, 3.8) is 0 Å². The Balaban J connectivity index is 2.83. The van der Waals surface area contributed by atoms with Crippen molar-refractivity contribution >= 4 is 7.69 Å². The second kappa shape index (κ2) is 15.0. The molecular weight excluding hydrogens is 199 g/mol. The third-order valence-electron chi connectivity index (χ3n) is 2.94. The molecule has 95 valence electrons. The highest BCUT2D eigenvalue weighted by molar-refractivity contribution is 6.15. The molecule has 0 saturated heterocycles. The number of rotatable bonds is 13. The van der Waals surface area contributed by atoms with Crippen LogP contribution in [0.3, 0.4) is 0 Å². The van der Waals surface area contributed by atoms with Crippen LogP contribution in [0.4, 0.5) is 0 Å². The van der Waals surface area contributed by atoms with Crippen LogP contribution in [0.15, 0.2) is 0 Å². The molecule has 0 aliphatic heterocycles. The van der Waals surface area contributed by atoms with Crippen LogP contribution in [-0.2, 0) is 4.65 Å². The molecular formula is C13H28BO2. The van der Waals surface area contributed by atoms with Crippen LogP contribution >= 0.6 is 0 Å². The molecule has 0 fully saturated rings. The van der Waals surface area contributed by atoms with Gasteiger partial charge in [0.2, 0.25) is 0 Å². The first-order chi connectivity index (χ1) is 7.91. The van der Waals surface area contributed by atoms with Crippen molar-refractivity contribution in [1.29, 1.82) is 0 Å². The number of hydrogen-bond acceptors (Lipinski definition) is 2. The van der Waals surface area contributed by atoms with Crippen molar-refractivity contribution in [1.82, 2.24) is 0 Å². The van der Waals surface area contributed by atoms with Crippen LogP contribution in [-0.4, -0.2) is 19.3 Å². The van der Waals surface area contributed by atoms with Crippen LogP contribution < -0.4 is 0 Å². The lowest BCUT2D eigenvalue weighted by atomic mass is 10.1. The lowest BCUT2D eigenvalue weighted by Crippen LogP contribution is -1.98. The summed E-state index contributed by atoms with van der Waals surface area (Å²) in [7, 11) is 0.788. The zero-order chi connectivity index (χ0) is 11.9. The number of unbranched alkanes of at least 4 members (excludes halogenated alkanes) is 10. The highest BCUT2D eigenvalue weighted by atomic mass is 16.5. The van der Waals surface area contributed by atoms with Crippen LogP contribution in [0.5, 0.6) is 0 Å². The summed E-state index contributed by atoms with van der Waals surface area (Å²) in [5.74, 6) is 0. The zero-order valence-electron chi connectivity index (χ0n) is 10.9. The van der Waals surface area contributed by atoms with Gasteiger partial charge >= 0.3 is 7.69 Å². The van der Waals surface area contributed by atoms with Gasteiger partial charge in [-0.3, -0.25) is 0 Å². The van der Waals surface area contributed by atoms with Gasteiger partial charge < -0.3 is 9.68 Å². The maximum atomic E-state index is 8.28. The minimum atomic E-state index is 0.660. The fourth-order valence-corrected chi connectivity index (χ4v) is 1.90. The molecule has 0 unspecified atom stereocenters. The molecule has 1 N–H and O–H groups in total. The molecule has 0 aromatic heterocycles. The maximum Gasteiger partial charge on any atom is 0.485 e. The SMILES string of the molecule is CCCCCCCCCCCCCO[B]O. The smallest absolute Gasteiger partial charge is 0.429 e. The average molecular weight is 227 g/mol. The summed E-state index contributed by atoms with van der Waals surface area (Å²) in [6, 6.07) is 0. The molecule has 0 bridgehead atoms. The summed E-state index contributed by atoms with van der Waals surface area (Å²) in [4.78, 5) is 0. The Labute approximate surface area is 102 Å². The van der Waals surface area contributed by atoms with E-state index in [-0.39, 0.29) is 0 Å².